The maximum absolute atomic E-state index is 10.4. The van der Waals surface area contributed by atoms with E-state index < -0.39 is 0 Å². The number of hydrogen-bond acceptors (Lipinski definition) is 4. The first-order valence-corrected chi connectivity index (χ1v) is 7.96. The second-order valence-electron chi connectivity index (χ2n) is 5.86. The molecule has 2 aromatic heterocycles. The van der Waals surface area contributed by atoms with E-state index in [9.17, 15) is 5.11 Å². The SMILES string of the molecule is CON=C(C)c1ccc2c(-c3ccc4ccccc4n3)c(O)[nH]c2c1. The minimum Gasteiger partial charge on any atom is -0.494 e. The predicted molar refractivity (Wildman–Crippen MR) is 99.9 cm³/mol. The molecule has 0 amide bonds. The minimum absolute atomic E-state index is 0.108. The van der Waals surface area contributed by atoms with Gasteiger partial charge in [-0.2, -0.15) is 0 Å². The monoisotopic (exact) mass is 331 g/mol. The van der Waals surface area contributed by atoms with Crippen LogP contribution in [0.2, 0.25) is 0 Å². The molecule has 0 saturated heterocycles. The van der Waals surface area contributed by atoms with E-state index in [1.807, 2.05) is 61.5 Å². The first-order valence-electron chi connectivity index (χ1n) is 7.96. The highest BCUT2D eigenvalue weighted by molar-refractivity contribution is 6.05. The fourth-order valence-electron chi connectivity index (χ4n) is 3.06. The Kier molecular flexibility index (Phi) is 3.61. The molecule has 0 aliphatic rings. The molecule has 0 saturated carbocycles. The number of hydrogen-bond donors (Lipinski definition) is 2. The highest BCUT2D eigenvalue weighted by atomic mass is 16.6. The van der Waals surface area contributed by atoms with E-state index in [4.69, 9.17) is 9.82 Å². The Balaban J connectivity index is 1.89. The largest absolute Gasteiger partial charge is 0.494 e. The summed E-state index contributed by atoms with van der Waals surface area (Å²) in [4.78, 5) is 12.6. The summed E-state index contributed by atoms with van der Waals surface area (Å²) in [5.74, 6) is 0.108. The van der Waals surface area contributed by atoms with Crippen LogP contribution in [0.5, 0.6) is 5.88 Å². The van der Waals surface area contributed by atoms with Gasteiger partial charge in [0.05, 0.1) is 22.5 Å². The van der Waals surface area contributed by atoms with E-state index in [2.05, 4.69) is 10.1 Å². The zero-order valence-corrected chi connectivity index (χ0v) is 13.9. The molecule has 2 aromatic carbocycles. The summed E-state index contributed by atoms with van der Waals surface area (Å²) in [6, 6.07) is 17.7. The molecule has 2 heterocycles. The molecular formula is C20H17N3O2. The van der Waals surface area contributed by atoms with Gasteiger partial charge >= 0.3 is 0 Å². The highest BCUT2D eigenvalue weighted by Crippen LogP contribution is 2.36. The van der Waals surface area contributed by atoms with Crippen molar-refractivity contribution in [2.45, 2.75) is 6.92 Å². The average Bonchev–Trinajstić information content (AvgIpc) is 2.96. The van der Waals surface area contributed by atoms with Crippen molar-refractivity contribution in [3.8, 4) is 17.1 Å². The lowest BCUT2D eigenvalue weighted by Gasteiger charge is -2.04. The van der Waals surface area contributed by atoms with E-state index >= 15 is 0 Å². The van der Waals surface area contributed by atoms with Gasteiger partial charge in [0.2, 0.25) is 0 Å². The summed E-state index contributed by atoms with van der Waals surface area (Å²) in [5, 5.41) is 16.4. The van der Waals surface area contributed by atoms with Gasteiger partial charge in [0, 0.05) is 21.9 Å². The van der Waals surface area contributed by atoms with Gasteiger partial charge in [-0.25, -0.2) is 4.98 Å². The minimum atomic E-state index is 0.108. The Bertz CT molecular complexity index is 1110. The van der Waals surface area contributed by atoms with Crippen LogP contribution in [0.25, 0.3) is 33.1 Å². The number of pyridine rings is 1. The van der Waals surface area contributed by atoms with Crippen molar-refractivity contribution in [3.05, 3.63) is 60.2 Å². The number of benzene rings is 2. The van der Waals surface area contributed by atoms with Gasteiger partial charge in [-0.3, -0.25) is 0 Å². The number of nitrogens with zero attached hydrogens (tertiary/aromatic N) is 2. The second kappa shape index (κ2) is 5.94. The van der Waals surface area contributed by atoms with E-state index in [1.165, 1.54) is 7.11 Å². The Hall–Kier alpha value is -3.34. The Morgan fingerprint density at radius 2 is 1.96 bits per heavy atom. The lowest BCUT2D eigenvalue weighted by Crippen LogP contribution is -1.94. The number of fused-ring (bicyclic) bond motifs is 2. The molecule has 0 bridgehead atoms. The average molecular weight is 331 g/mol. The molecule has 5 nitrogen and oxygen atoms in total. The van der Waals surface area contributed by atoms with E-state index in [0.29, 0.717) is 5.56 Å². The maximum atomic E-state index is 10.4. The van der Waals surface area contributed by atoms with Crippen LogP contribution in [0.15, 0.2) is 59.8 Å². The first-order chi connectivity index (χ1) is 12.2. The van der Waals surface area contributed by atoms with Crippen LogP contribution in [0.1, 0.15) is 12.5 Å². The fourth-order valence-corrected chi connectivity index (χ4v) is 3.06. The molecule has 0 radical (unpaired) electrons. The van der Waals surface area contributed by atoms with Crippen LogP contribution in [0.4, 0.5) is 0 Å². The number of rotatable bonds is 3. The predicted octanol–water partition coefficient (Wildman–Crippen LogP) is 4.46. The number of nitrogens with one attached hydrogen (secondary N) is 1. The van der Waals surface area contributed by atoms with Crippen LogP contribution in [0, 0.1) is 0 Å². The number of aromatic amines is 1. The summed E-state index contributed by atoms with van der Waals surface area (Å²) in [5.41, 5.74) is 4.85. The molecule has 2 N–H and O–H groups in total. The van der Waals surface area contributed by atoms with Gasteiger partial charge in [0.1, 0.15) is 7.11 Å². The topological polar surface area (TPSA) is 70.5 Å². The molecule has 4 aromatic rings. The van der Waals surface area contributed by atoms with E-state index in [1.54, 1.807) is 0 Å². The van der Waals surface area contributed by atoms with Crippen LogP contribution in [-0.4, -0.2) is 27.9 Å². The standard InChI is InChI=1S/C20H17N3O2/c1-12(23-25-2)14-7-9-15-18(11-14)22-20(24)19(15)17-10-8-13-5-3-4-6-16(13)21-17/h3-11,22,24H,1-2H3. The molecule has 0 atom stereocenters. The fraction of sp³-hybridized carbons (Fsp3) is 0.100. The second-order valence-corrected chi connectivity index (χ2v) is 5.86. The van der Waals surface area contributed by atoms with Crippen molar-refractivity contribution >= 4 is 27.5 Å². The first kappa shape index (κ1) is 15.2. The van der Waals surface area contributed by atoms with Crippen molar-refractivity contribution in [2.75, 3.05) is 7.11 Å². The quantitative estimate of drug-likeness (QED) is 0.430. The van der Waals surface area contributed by atoms with Crippen LogP contribution >= 0.6 is 0 Å². The molecule has 0 unspecified atom stereocenters. The van der Waals surface area contributed by atoms with Gasteiger partial charge in [-0.05, 0) is 25.1 Å². The van der Waals surface area contributed by atoms with Crippen molar-refractivity contribution in [3.63, 3.8) is 0 Å². The van der Waals surface area contributed by atoms with Gasteiger partial charge in [-0.15, -0.1) is 0 Å². The number of para-hydroxylation sites is 1. The van der Waals surface area contributed by atoms with Crippen molar-refractivity contribution in [1.82, 2.24) is 9.97 Å². The third-order valence-corrected chi connectivity index (χ3v) is 4.28. The number of oxime groups is 1. The van der Waals surface area contributed by atoms with Gasteiger partial charge in [0.15, 0.2) is 5.88 Å². The maximum Gasteiger partial charge on any atom is 0.199 e. The van der Waals surface area contributed by atoms with Crippen LogP contribution < -0.4 is 0 Å². The van der Waals surface area contributed by atoms with Gasteiger partial charge in [-0.1, -0.05) is 41.6 Å². The summed E-state index contributed by atoms with van der Waals surface area (Å²) >= 11 is 0. The summed E-state index contributed by atoms with van der Waals surface area (Å²) in [6.07, 6.45) is 0. The molecule has 124 valence electrons. The number of aromatic hydroxyl groups is 1. The molecule has 0 aliphatic heterocycles. The van der Waals surface area contributed by atoms with Crippen LogP contribution in [0.3, 0.4) is 0 Å². The summed E-state index contributed by atoms with van der Waals surface area (Å²) in [6.45, 7) is 1.87. The molecule has 25 heavy (non-hydrogen) atoms. The number of aromatic nitrogens is 2. The Morgan fingerprint density at radius 3 is 2.80 bits per heavy atom. The molecule has 0 fully saturated rings. The number of H-pyrrole nitrogens is 1. The molecular weight excluding hydrogens is 314 g/mol. The Labute approximate surface area is 144 Å². The van der Waals surface area contributed by atoms with Gasteiger partial charge < -0.3 is 14.9 Å². The third-order valence-electron chi connectivity index (χ3n) is 4.28. The van der Waals surface area contributed by atoms with Gasteiger partial charge in [0.25, 0.3) is 0 Å². The summed E-state index contributed by atoms with van der Waals surface area (Å²) in [7, 11) is 1.52. The smallest absolute Gasteiger partial charge is 0.199 e. The van der Waals surface area contributed by atoms with E-state index in [-0.39, 0.29) is 5.88 Å². The molecule has 0 aliphatic carbocycles. The van der Waals surface area contributed by atoms with Crippen LogP contribution in [-0.2, 0) is 4.84 Å². The van der Waals surface area contributed by atoms with E-state index in [0.717, 1.165) is 38.8 Å². The normalized spacial score (nSPS) is 12.0. The Morgan fingerprint density at radius 1 is 1.12 bits per heavy atom. The van der Waals surface area contributed by atoms with Crippen molar-refractivity contribution < 1.29 is 9.94 Å². The lowest BCUT2D eigenvalue weighted by atomic mass is 10.0. The molecule has 4 rings (SSSR count). The zero-order valence-electron chi connectivity index (χ0n) is 13.9. The lowest BCUT2D eigenvalue weighted by molar-refractivity contribution is 0.213. The third kappa shape index (κ3) is 2.59. The highest BCUT2D eigenvalue weighted by Gasteiger charge is 2.15. The zero-order chi connectivity index (χ0) is 17.4. The summed E-state index contributed by atoms with van der Waals surface area (Å²) < 4.78 is 0. The molecule has 0 spiro atoms. The van der Waals surface area contributed by atoms with Crippen molar-refractivity contribution in [2.24, 2.45) is 5.16 Å². The molecule has 5 heteroatoms. The van der Waals surface area contributed by atoms with Crippen molar-refractivity contribution in [1.29, 1.82) is 0 Å².